The number of benzene rings is 1. The molecule has 176 valence electrons. The van der Waals surface area contributed by atoms with E-state index < -0.39 is 10.2 Å². The molecule has 0 aromatic heterocycles. The molecular formula is C23H34N4O4S. The summed E-state index contributed by atoms with van der Waals surface area (Å²) in [5, 5.41) is 0. The molecule has 2 saturated heterocycles. The molecule has 1 aliphatic carbocycles. The molecular weight excluding hydrogens is 428 g/mol. The molecule has 0 N–H and O–H groups in total. The molecule has 2 aliphatic heterocycles. The van der Waals surface area contributed by atoms with Crippen LogP contribution in [-0.2, 0) is 21.5 Å². The number of carbonyl (C=O) groups is 2. The number of amides is 2. The van der Waals surface area contributed by atoms with Crippen molar-refractivity contribution >= 4 is 22.0 Å². The molecule has 0 spiro atoms. The van der Waals surface area contributed by atoms with Gasteiger partial charge >= 0.3 is 0 Å². The lowest BCUT2D eigenvalue weighted by molar-refractivity contribution is -0.128. The second-order valence-electron chi connectivity index (χ2n) is 9.13. The number of nitrogens with zero attached hydrogens (tertiary/aromatic N) is 4. The Hall–Kier alpha value is -1.97. The van der Waals surface area contributed by atoms with Crippen LogP contribution in [0.1, 0.15) is 60.9 Å². The van der Waals surface area contributed by atoms with Gasteiger partial charge in [0.2, 0.25) is 5.91 Å². The van der Waals surface area contributed by atoms with Crippen LogP contribution < -0.4 is 0 Å². The van der Waals surface area contributed by atoms with Gasteiger partial charge in [-0.2, -0.15) is 17.0 Å². The van der Waals surface area contributed by atoms with Crippen LogP contribution in [0.4, 0.5) is 0 Å². The van der Waals surface area contributed by atoms with Crippen molar-refractivity contribution in [1.82, 2.24) is 18.4 Å². The first-order valence-corrected chi connectivity index (χ1v) is 13.1. The van der Waals surface area contributed by atoms with Crippen LogP contribution in [-0.4, -0.2) is 84.5 Å². The van der Waals surface area contributed by atoms with Gasteiger partial charge in [0, 0.05) is 64.3 Å². The fourth-order valence-corrected chi connectivity index (χ4v) is 6.59. The van der Waals surface area contributed by atoms with Crippen LogP contribution in [0, 0.1) is 0 Å². The average molecular weight is 463 g/mol. The topological polar surface area (TPSA) is 81.2 Å². The lowest BCUT2D eigenvalue weighted by Gasteiger charge is -2.38. The Morgan fingerprint density at radius 3 is 2.41 bits per heavy atom. The third kappa shape index (κ3) is 5.00. The van der Waals surface area contributed by atoms with E-state index in [0.29, 0.717) is 44.7 Å². The fourth-order valence-electron chi connectivity index (χ4n) is 5.01. The number of likely N-dealkylation sites (tertiary alicyclic amines) is 1. The van der Waals surface area contributed by atoms with Crippen molar-refractivity contribution in [3.8, 4) is 0 Å². The molecule has 2 amide bonds. The highest BCUT2D eigenvalue weighted by molar-refractivity contribution is 7.86. The van der Waals surface area contributed by atoms with Crippen molar-refractivity contribution in [2.24, 2.45) is 0 Å². The highest BCUT2D eigenvalue weighted by Crippen LogP contribution is 2.25. The van der Waals surface area contributed by atoms with E-state index in [1.54, 1.807) is 22.3 Å². The molecule has 0 radical (unpaired) electrons. The first kappa shape index (κ1) is 23.2. The van der Waals surface area contributed by atoms with Gasteiger partial charge in [-0.25, -0.2) is 0 Å². The molecule has 0 bridgehead atoms. The zero-order valence-electron chi connectivity index (χ0n) is 18.9. The van der Waals surface area contributed by atoms with Crippen LogP contribution in [0.25, 0.3) is 0 Å². The Labute approximate surface area is 191 Å². The Bertz CT molecular complexity index is 937. The molecule has 1 aromatic carbocycles. The smallest absolute Gasteiger partial charge is 0.282 e. The maximum absolute atomic E-state index is 13.1. The zero-order valence-corrected chi connectivity index (χ0v) is 19.7. The first-order chi connectivity index (χ1) is 15.4. The molecule has 3 aliphatic rings. The van der Waals surface area contributed by atoms with E-state index in [1.807, 2.05) is 23.1 Å². The summed E-state index contributed by atoms with van der Waals surface area (Å²) in [6, 6.07) is 7.52. The number of rotatable bonds is 6. The van der Waals surface area contributed by atoms with Gasteiger partial charge in [0.25, 0.3) is 16.1 Å². The molecule has 8 nitrogen and oxygen atoms in total. The van der Waals surface area contributed by atoms with E-state index in [9.17, 15) is 18.0 Å². The lowest BCUT2D eigenvalue weighted by atomic mass is 9.96. The molecule has 3 fully saturated rings. The highest BCUT2D eigenvalue weighted by atomic mass is 32.2. The largest absolute Gasteiger partial charge is 0.338 e. The van der Waals surface area contributed by atoms with Crippen LogP contribution in [0.2, 0.25) is 0 Å². The third-order valence-corrected chi connectivity index (χ3v) is 9.07. The number of hydrogen-bond acceptors (Lipinski definition) is 4. The van der Waals surface area contributed by atoms with E-state index in [0.717, 1.165) is 44.2 Å². The van der Waals surface area contributed by atoms with Crippen LogP contribution in [0.5, 0.6) is 0 Å². The Morgan fingerprint density at radius 2 is 1.75 bits per heavy atom. The predicted molar refractivity (Wildman–Crippen MR) is 122 cm³/mol. The van der Waals surface area contributed by atoms with Gasteiger partial charge in [-0.15, -0.1) is 0 Å². The van der Waals surface area contributed by atoms with Gasteiger partial charge in [0.15, 0.2) is 0 Å². The van der Waals surface area contributed by atoms with Gasteiger partial charge in [-0.3, -0.25) is 9.59 Å². The summed E-state index contributed by atoms with van der Waals surface area (Å²) in [5.74, 6) is 0.0783. The minimum atomic E-state index is -3.51. The summed E-state index contributed by atoms with van der Waals surface area (Å²) in [5.41, 5.74) is 1.53. The standard InChI is InChI=1S/C23H34N4O4S/c1-24(21-9-3-2-4-10-21)32(30,31)27-15-13-25(14-16-27)23(29)20-8-5-7-19(17-20)18-26-12-6-11-22(26)28/h5,7-8,17,21H,2-4,6,9-16,18H2,1H3. The third-order valence-electron chi connectivity index (χ3n) is 7.02. The van der Waals surface area contributed by atoms with Crippen LogP contribution >= 0.6 is 0 Å². The average Bonchev–Trinajstić information content (AvgIpc) is 3.23. The van der Waals surface area contributed by atoms with Crippen molar-refractivity contribution in [1.29, 1.82) is 0 Å². The van der Waals surface area contributed by atoms with Crippen molar-refractivity contribution < 1.29 is 18.0 Å². The Kier molecular flexibility index (Phi) is 7.17. The summed E-state index contributed by atoms with van der Waals surface area (Å²) in [4.78, 5) is 28.5. The van der Waals surface area contributed by atoms with E-state index in [4.69, 9.17) is 0 Å². The molecule has 4 rings (SSSR count). The van der Waals surface area contributed by atoms with Crippen molar-refractivity contribution in [3.05, 3.63) is 35.4 Å². The fraction of sp³-hybridized carbons (Fsp3) is 0.652. The SMILES string of the molecule is CN(C1CCCCC1)S(=O)(=O)N1CCN(C(=O)c2cccc(CN3CCCC3=O)c2)CC1. The van der Waals surface area contributed by atoms with Crippen molar-refractivity contribution in [2.75, 3.05) is 39.8 Å². The maximum Gasteiger partial charge on any atom is 0.282 e. The molecule has 0 unspecified atom stereocenters. The second kappa shape index (κ2) is 9.89. The van der Waals surface area contributed by atoms with Crippen LogP contribution in [0.15, 0.2) is 24.3 Å². The van der Waals surface area contributed by atoms with E-state index in [1.165, 1.54) is 10.7 Å². The molecule has 2 heterocycles. The minimum absolute atomic E-state index is 0.0821. The number of hydrogen-bond donors (Lipinski definition) is 0. The molecule has 1 saturated carbocycles. The summed E-state index contributed by atoms with van der Waals surface area (Å²) < 4.78 is 29.2. The molecule has 1 aromatic rings. The monoisotopic (exact) mass is 462 g/mol. The Morgan fingerprint density at radius 1 is 1.03 bits per heavy atom. The van der Waals surface area contributed by atoms with E-state index in [2.05, 4.69) is 0 Å². The molecule has 0 atom stereocenters. The normalized spacial score (nSPS) is 21.5. The van der Waals surface area contributed by atoms with Gasteiger partial charge in [-0.1, -0.05) is 31.4 Å². The first-order valence-electron chi connectivity index (χ1n) is 11.8. The minimum Gasteiger partial charge on any atom is -0.338 e. The summed E-state index contributed by atoms with van der Waals surface area (Å²) >= 11 is 0. The van der Waals surface area contributed by atoms with Crippen LogP contribution in [0.3, 0.4) is 0 Å². The van der Waals surface area contributed by atoms with E-state index >= 15 is 0 Å². The maximum atomic E-state index is 13.1. The van der Waals surface area contributed by atoms with Gasteiger partial charge in [0.1, 0.15) is 0 Å². The van der Waals surface area contributed by atoms with Gasteiger partial charge in [0.05, 0.1) is 0 Å². The van der Waals surface area contributed by atoms with Gasteiger partial charge in [-0.05, 0) is 37.0 Å². The molecule has 9 heteroatoms. The van der Waals surface area contributed by atoms with Crippen molar-refractivity contribution in [3.63, 3.8) is 0 Å². The quantitative estimate of drug-likeness (QED) is 0.648. The zero-order chi connectivity index (χ0) is 22.7. The highest BCUT2D eigenvalue weighted by Gasteiger charge is 2.35. The Balaban J connectivity index is 1.35. The molecule has 32 heavy (non-hydrogen) atoms. The van der Waals surface area contributed by atoms with Crippen molar-refractivity contribution in [2.45, 2.75) is 57.5 Å². The summed E-state index contributed by atoms with van der Waals surface area (Å²) in [7, 11) is -1.82. The summed E-state index contributed by atoms with van der Waals surface area (Å²) in [6.45, 7) is 2.68. The number of piperazine rings is 1. The predicted octanol–water partition coefficient (Wildman–Crippen LogP) is 2.08. The second-order valence-corrected chi connectivity index (χ2v) is 11.1. The number of carbonyl (C=O) groups excluding carboxylic acids is 2. The lowest BCUT2D eigenvalue weighted by Crippen LogP contribution is -2.55. The van der Waals surface area contributed by atoms with E-state index in [-0.39, 0.29) is 17.9 Å². The summed E-state index contributed by atoms with van der Waals surface area (Å²) in [6.07, 6.45) is 6.68. The van der Waals surface area contributed by atoms with Gasteiger partial charge < -0.3 is 9.80 Å².